The van der Waals surface area contributed by atoms with Gasteiger partial charge in [-0.3, -0.25) is 4.98 Å². The molecule has 0 bridgehead atoms. The Morgan fingerprint density at radius 2 is 2.10 bits per heavy atom. The Kier molecular flexibility index (Phi) is 5.13. The van der Waals surface area contributed by atoms with Gasteiger partial charge in [0.1, 0.15) is 11.4 Å². The zero-order valence-electron chi connectivity index (χ0n) is 12.4. The third kappa shape index (κ3) is 3.36. The molecule has 0 aliphatic heterocycles. The van der Waals surface area contributed by atoms with Crippen LogP contribution in [0.4, 0.5) is 0 Å². The number of methoxy groups -OCH3 is 1. The molecule has 0 spiro atoms. The molecule has 1 aromatic carbocycles. The van der Waals surface area contributed by atoms with Gasteiger partial charge in [-0.25, -0.2) is 0 Å². The highest BCUT2D eigenvalue weighted by Crippen LogP contribution is 2.30. The maximum atomic E-state index is 5.39. The van der Waals surface area contributed by atoms with Gasteiger partial charge in [-0.15, -0.1) is 0 Å². The summed E-state index contributed by atoms with van der Waals surface area (Å²) >= 11 is 0. The summed E-state index contributed by atoms with van der Waals surface area (Å²) in [7, 11) is 1.68. The number of nitrogens with zero attached hydrogens (tertiary/aromatic N) is 1. The van der Waals surface area contributed by atoms with Gasteiger partial charge in [0.15, 0.2) is 0 Å². The molecule has 0 amide bonds. The lowest BCUT2D eigenvalue weighted by atomic mass is 10.0. The van der Waals surface area contributed by atoms with Crippen LogP contribution in [0.1, 0.15) is 24.5 Å². The number of nitrogens with one attached hydrogen (secondary N) is 1. The Bertz CT molecular complexity index is 567. The van der Waals surface area contributed by atoms with Crippen LogP contribution in [0.25, 0.3) is 11.3 Å². The molecule has 1 N–H and O–H groups in total. The highest BCUT2D eigenvalue weighted by Gasteiger charge is 2.09. The average molecular weight is 270 g/mol. The normalized spacial score (nSPS) is 10.6. The Morgan fingerprint density at radius 1 is 1.25 bits per heavy atom. The van der Waals surface area contributed by atoms with E-state index in [4.69, 9.17) is 4.74 Å². The molecule has 2 rings (SSSR count). The standard InChI is InChI=1S/C17H22N2O/c1-4-9-18-12-14-7-8-15(13(2)11-14)17-16(20-3)6-5-10-19-17/h5-8,10-11,18H,4,9,12H2,1-3H3. The molecule has 0 saturated heterocycles. The maximum Gasteiger partial charge on any atom is 0.145 e. The first-order valence-electron chi connectivity index (χ1n) is 7.06. The second-order valence-electron chi connectivity index (χ2n) is 4.88. The first-order chi connectivity index (χ1) is 9.76. The number of ether oxygens (including phenoxy) is 1. The first kappa shape index (κ1) is 14.5. The Hall–Kier alpha value is -1.87. The fraction of sp³-hybridized carbons (Fsp3) is 0.353. The molecule has 0 atom stereocenters. The van der Waals surface area contributed by atoms with E-state index in [-0.39, 0.29) is 0 Å². The summed E-state index contributed by atoms with van der Waals surface area (Å²) in [5.74, 6) is 0.812. The lowest BCUT2D eigenvalue weighted by Gasteiger charge is -2.11. The Labute approximate surface area is 121 Å². The summed E-state index contributed by atoms with van der Waals surface area (Å²) in [5.41, 5.74) is 4.55. The minimum Gasteiger partial charge on any atom is -0.494 e. The second kappa shape index (κ2) is 7.06. The van der Waals surface area contributed by atoms with Crippen molar-refractivity contribution in [3.8, 4) is 17.0 Å². The van der Waals surface area contributed by atoms with Gasteiger partial charge in [-0.1, -0.05) is 25.1 Å². The van der Waals surface area contributed by atoms with E-state index in [1.165, 1.54) is 11.1 Å². The molecule has 2 aromatic rings. The Morgan fingerprint density at radius 3 is 2.80 bits per heavy atom. The number of aryl methyl sites for hydroxylation is 1. The molecule has 0 fully saturated rings. The van der Waals surface area contributed by atoms with Crippen LogP contribution in [0.2, 0.25) is 0 Å². The second-order valence-corrected chi connectivity index (χ2v) is 4.88. The topological polar surface area (TPSA) is 34.2 Å². The van der Waals surface area contributed by atoms with E-state index in [1.54, 1.807) is 13.3 Å². The highest BCUT2D eigenvalue weighted by atomic mass is 16.5. The van der Waals surface area contributed by atoms with Crippen LogP contribution < -0.4 is 10.1 Å². The number of benzene rings is 1. The molecule has 3 nitrogen and oxygen atoms in total. The van der Waals surface area contributed by atoms with Crippen molar-refractivity contribution in [2.24, 2.45) is 0 Å². The fourth-order valence-electron chi connectivity index (χ4n) is 2.27. The van der Waals surface area contributed by atoms with Crippen LogP contribution in [0.5, 0.6) is 5.75 Å². The zero-order valence-corrected chi connectivity index (χ0v) is 12.4. The van der Waals surface area contributed by atoms with E-state index in [1.807, 2.05) is 12.1 Å². The third-order valence-corrected chi connectivity index (χ3v) is 3.29. The van der Waals surface area contributed by atoms with Crippen molar-refractivity contribution in [1.29, 1.82) is 0 Å². The molecule has 3 heteroatoms. The number of rotatable bonds is 6. The van der Waals surface area contributed by atoms with Gasteiger partial charge in [0.25, 0.3) is 0 Å². The summed E-state index contributed by atoms with van der Waals surface area (Å²) in [6.45, 7) is 6.25. The molecule has 0 radical (unpaired) electrons. The molecule has 0 aliphatic rings. The van der Waals surface area contributed by atoms with Crippen LogP contribution in [-0.2, 0) is 6.54 Å². The monoisotopic (exact) mass is 270 g/mol. The predicted molar refractivity (Wildman–Crippen MR) is 83.0 cm³/mol. The molecule has 0 unspecified atom stereocenters. The predicted octanol–water partition coefficient (Wildman–Crippen LogP) is 3.57. The van der Waals surface area contributed by atoms with Gasteiger partial charge < -0.3 is 10.1 Å². The summed E-state index contributed by atoms with van der Waals surface area (Å²) in [4.78, 5) is 4.45. The Balaban J connectivity index is 2.25. The van der Waals surface area contributed by atoms with Crippen molar-refractivity contribution in [3.63, 3.8) is 0 Å². The molecular formula is C17H22N2O. The third-order valence-electron chi connectivity index (χ3n) is 3.29. The van der Waals surface area contributed by atoms with Crippen molar-refractivity contribution in [2.75, 3.05) is 13.7 Å². The number of aromatic nitrogens is 1. The largest absolute Gasteiger partial charge is 0.494 e. The molecule has 20 heavy (non-hydrogen) atoms. The lowest BCUT2D eigenvalue weighted by Crippen LogP contribution is -2.13. The molecule has 106 valence electrons. The SMILES string of the molecule is CCCNCc1ccc(-c2ncccc2OC)c(C)c1. The van der Waals surface area contributed by atoms with Crippen molar-refractivity contribution in [3.05, 3.63) is 47.7 Å². The summed E-state index contributed by atoms with van der Waals surface area (Å²) in [6.07, 6.45) is 2.95. The summed E-state index contributed by atoms with van der Waals surface area (Å²) < 4.78 is 5.39. The molecule has 1 heterocycles. The average Bonchev–Trinajstić information content (AvgIpc) is 2.48. The minimum atomic E-state index is 0.812. The van der Waals surface area contributed by atoms with Crippen LogP contribution in [0, 0.1) is 6.92 Å². The minimum absolute atomic E-state index is 0.812. The molecule has 0 aliphatic carbocycles. The smallest absolute Gasteiger partial charge is 0.145 e. The van der Waals surface area contributed by atoms with Gasteiger partial charge in [-0.2, -0.15) is 0 Å². The van der Waals surface area contributed by atoms with Crippen LogP contribution >= 0.6 is 0 Å². The van der Waals surface area contributed by atoms with E-state index >= 15 is 0 Å². The van der Waals surface area contributed by atoms with Gasteiger partial charge in [-0.05, 0) is 43.1 Å². The fourth-order valence-corrected chi connectivity index (χ4v) is 2.27. The molecular weight excluding hydrogens is 248 g/mol. The van der Waals surface area contributed by atoms with Crippen LogP contribution in [-0.4, -0.2) is 18.6 Å². The van der Waals surface area contributed by atoms with Crippen molar-refractivity contribution in [2.45, 2.75) is 26.8 Å². The van der Waals surface area contributed by atoms with Gasteiger partial charge in [0.05, 0.1) is 7.11 Å². The first-order valence-corrected chi connectivity index (χ1v) is 7.06. The van der Waals surface area contributed by atoms with E-state index in [9.17, 15) is 0 Å². The van der Waals surface area contributed by atoms with E-state index in [0.717, 1.165) is 36.5 Å². The molecule has 0 saturated carbocycles. The highest BCUT2D eigenvalue weighted by molar-refractivity contribution is 5.69. The number of pyridine rings is 1. The van der Waals surface area contributed by atoms with E-state index in [0.29, 0.717) is 0 Å². The lowest BCUT2D eigenvalue weighted by molar-refractivity contribution is 0.415. The maximum absolute atomic E-state index is 5.39. The number of hydrogen-bond donors (Lipinski definition) is 1. The van der Waals surface area contributed by atoms with Crippen molar-refractivity contribution >= 4 is 0 Å². The van der Waals surface area contributed by atoms with Gasteiger partial charge >= 0.3 is 0 Å². The van der Waals surface area contributed by atoms with E-state index < -0.39 is 0 Å². The van der Waals surface area contributed by atoms with Crippen molar-refractivity contribution < 1.29 is 4.74 Å². The summed E-state index contributed by atoms with van der Waals surface area (Å²) in [6, 6.07) is 10.3. The van der Waals surface area contributed by atoms with Crippen LogP contribution in [0.15, 0.2) is 36.5 Å². The molecule has 1 aromatic heterocycles. The summed E-state index contributed by atoms with van der Waals surface area (Å²) in [5, 5.41) is 3.42. The zero-order chi connectivity index (χ0) is 14.4. The van der Waals surface area contributed by atoms with E-state index in [2.05, 4.69) is 42.3 Å². The quantitative estimate of drug-likeness (QED) is 0.815. The van der Waals surface area contributed by atoms with Crippen LogP contribution in [0.3, 0.4) is 0 Å². The number of hydrogen-bond acceptors (Lipinski definition) is 3. The van der Waals surface area contributed by atoms with Crippen molar-refractivity contribution in [1.82, 2.24) is 10.3 Å². The van der Waals surface area contributed by atoms with Gasteiger partial charge in [0, 0.05) is 18.3 Å². The van der Waals surface area contributed by atoms with Gasteiger partial charge in [0.2, 0.25) is 0 Å².